The van der Waals surface area contributed by atoms with Crippen LogP contribution in [-0.4, -0.2) is 23.4 Å². The molecule has 4 rings (SSSR count). The third-order valence-corrected chi connectivity index (χ3v) is 9.40. The first-order valence-electron chi connectivity index (χ1n) is 7.54. The zero-order valence-corrected chi connectivity index (χ0v) is 16.0. The van der Waals surface area contributed by atoms with Gasteiger partial charge in [-0.05, 0) is 44.8 Å². The van der Waals surface area contributed by atoms with Gasteiger partial charge in [-0.25, -0.2) is 0 Å². The predicted octanol–water partition coefficient (Wildman–Crippen LogP) is 5.46. The first kappa shape index (κ1) is 16.9. The van der Waals surface area contributed by atoms with E-state index in [0.29, 0.717) is 9.16 Å². The van der Waals surface area contributed by atoms with E-state index in [1.54, 1.807) is 47.0 Å². The van der Waals surface area contributed by atoms with Gasteiger partial charge >= 0.3 is 0 Å². The Balaban J connectivity index is 1.56. The van der Waals surface area contributed by atoms with Crippen LogP contribution < -0.4 is 0 Å². The van der Waals surface area contributed by atoms with Crippen LogP contribution in [0.3, 0.4) is 0 Å². The van der Waals surface area contributed by atoms with Crippen molar-refractivity contribution in [1.82, 2.24) is 0 Å². The fraction of sp³-hybridized carbons (Fsp3) is 0.222. The quantitative estimate of drug-likeness (QED) is 0.719. The zero-order valence-electron chi connectivity index (χ0n) is 12.7. The summed E-state index contributed by atoms with van der Waals surface area (Å²) < 4.78 is 0.682. The van der Waals surface area contributed by atoms with Gasteiger partial charge in [0.25, 0.3) is 0 Å². The maximum atomic E-state index is 9.25. The summed E-state index contributed by atoms with van der Waals surface area (Å²) in [5.41, 5.74) is 2.58. The number of fused-ring (bicyclic) bond motifs is 1. The molecule has 0 radical (unpaired) electrons. The van der Waals surface area contributed by atoms with E-state index < -0.39 is 0 Å². The normalized spacial score (nSPS) is 23.6. The Bertz CT molecular complexity index is 762. The SMILES string of the molecule is OCC1=CSC(c2ccc3cc(C4SC=C(CO)S4)ccc3c2)S1. The van der Waals surface area contributed by atoms with Crippen LogP contribution >= 0.6 is 47.0 Å². The lowest BCUT2D eigenvalue weighted by Gasteiger charge is -2.13. The minimum absolute atomic E-state index is 0.131. The topological polar surface area (TPSA) is 40.5 Å². The van der Waals surface area contributed by atoms with E-state index >= 15 is 0 Å². The Hall–Kier alpha value is -0.500. The van der Waals surface area contributed by atoms with Gasteiger partial charge in [0.2, 0.25) is 0 Å². The average Bonchev–Trinajstić information content (AvgIpc) is 3.30. The predicted molar refractivity (Wildman–Crippen MR) is 110 cm³/mol. The molecule has 6 heteroatoms. The molecule has 0 saturated heterocycles. The van der Waals surface area contributed by atoms with E-state index in [1.807, 2.05) is 0 Å². The third kappa shape index (κ3) is 3.41. The molecule has 2 heterocycles. The minimum atomic E-state index is 0.131. The van der Waals surface area contributed by atoms with Crippen molar-refractivity contribution in [2.45, 2.75) is 9.16 Å². The molecule has 0 aliphatic carbocycles. The summed E-state index contributed by atoms with van der Waals surface area (Å²) in [6.07, 6.45) is 0. The molecular formula is C18H16O2S4. The molecule has 2 aromatic rings. The molecule has 0 amide bonds. The average molecular weight is 393 g/mol. The van der Waals surface area contributed by atoms with Crippen molar-refractivity contribution in [1.29, 1.82) is 0 Å². The highest BCUT2D eigenvalue weighted by Crippen LogP contribution is 2.52. The molecule has 124 valence electrons. The number of hydrogen-bond donors (Lipinski definition) is 2. The van der Waals surface area contributed by atoms with E-state index in [0.717, 1.165) is 9.81 Å². The Morgan fingerprint density at radius 2 is 1.17 bits per heavy atom. The van der Waals surface area contributed by atoms with E-state index in [4.69, 9.17) is 0 Å². The fourth-order valence-electron chi connectivity index (χ4n) is 2.68. The molecule has 0 saturated carbocycles. The van der Waals surface area contributed by atoms with Crippen LogP contribution in [0.1, 0.15) is 20.3 Å². The first-order chi connectivity index (χ1) is 11.8. The van der Waals surface area contributed by atoms with Gasteiger partial charge in [-0.15, -0.1) is 47.0 Å². The summed E-state index contributed by atoms with van der Waals surface area (Å²) in [5, 5.41) is 25.1. The van der Waals surface area contributed by atoms with Gasteiger partial charge in [-0.3, -0.25) is 0 Å². The lowest BCUT2D eigenvalue weighted by atomic mass is 10.1. The van der Waals surface area contributed by atoms with Crippen molar-refractivity contribution in [2.24, 2.45) is 0 Å². The second-order valence-corrected chi connectivity index (χ2v) is 10.5. The van der Waals surface area contributed by atoms with E-state index in [1.165, 1.54) is 21.9 Å². The molecule has 2 atom stereocenters. The molecule has 24 heavy (non-hydrogen) atoms. The maximum absolute atomic E-state index is 9.25. The Morgan fingerprint density at radius 3 is 1.54 bits per heavy atom. The Morgan fingerprint density at radius 1 is 0.708 bits per heavy atom. The standard InChI is InChI=1S/C18H16O2S4/c19-7-15-9-21-17(23-15)13-3-1-11-5-14(4-2-12(11)6-13)18-22-10-16(8-20)24-18/h1-6,9-10,17-20H,7-8H2. The van der Waals surface area contributed by atoms with Gasteiger partial charge in [0.1, 0.15) is 0 Å². The Kier molecular flexibility index (Phi) is 5.22. The highest BCUT2D eigenvalue weighted by atomic mass is 32.2. The van der Waals surface area contributed by atoms with Crippen LogP contribution in [0.15, 0.2) is 57.0 Å². The number of rotatable bonds is 4. The lowest BCUT2D eigenvalue weighted by Crippen LogP contribution is -1.90. The second-order valence-electron chi connectivity index (χ2n) is 5.52. The molecule has 0 fully saturated rings. The number of hydrogen-bond acceptors (Lipinski definition) is 6. The fourth-order valence-corrected chi connectivity index (χ4v) is 7.55. The molecule has 2 unspecified atom stereocenters. The molecule has 2 aromatic carbocycles. The minimum Gasteiger partial charge on any atom is -0.391 e. The highest BCUT2D eigenvalue weighted by molar-refractivity contribution is 8.22. The van der Waals surface area contributed by atoms with Gasteiger partial charge in [-0.2, -0.15) is 0 Å². The molecule has 2 nitrogen and oxygen atoms in total. The van der Waals surface area contributed by atoms with Gasteiger partial charge in [-0.1, -0.05) is 24.3 Å². The van der Waals surface area contributed by atoms with E-state index in [9.17, 15) is 10.2 Å². The zero-order chi connectivity index (χ0) is 16.5. The summed E-state index contributed by atoms with van der Waals surface area (Å²) >= 11 is 7.00. The van der Waals surface area contributed by atoms with E-state index in [2.05, 4.69) is 47.2 Å². The third-order valence-electron chi connectivity index (χ3n) is 3.91. The van der Waals surface area contributed by atoms with Gasteiger partial charge in [0, 0.05) is 9.81 Å². The molecule has 0 aromatic heterocycles. The summed E-state index contributed by atoms with van der Waals surface area (Å²) in [6.45, 7) is 0.261. The second kappa shape index (κ2) is 7.40. The molecule has 2 aliphatic heterocycles. The van der Waals surface area contributed by atoms with Gasteiger partial charge in [0.05, 0.1) is 22.4 Å². The number of benzene rings is 2. The highest BCUT2D eigenvalue weighted by Gasteiger charge is 2.22. The molecule has 2 N–H and O–H groups in total. The van der Waals surface area contributed by atoms with Crippen molar-refractivity contribution >= 4 is 57.8 Å². The number of thioether (sulfide) groups is 4. The van der Waals surface area contributed by atoms with Crippen LogP contribution in [0.4, 0.5) is 0 Å². The Labute approximate surface area is 158 Å². The van der Waals surface area contributed by atoms with Crippen molar-refractivity contribution in [3.05, 3.63) is 68.2 Å². The van der Waals surface area contributed by atoms with Crippen LogP contribution in [0.2, 0.25) is 0 Å². The van der Waals surface area contributed by atoms with Gasteiger partial charge < -0.3 is 10.2 Å². The van der Waals surface area contributed by atoms with Crippen molar-refractivity contribution in [2.75, 3.05) is 13.2 Å². The summed E-state index contributed by atoms with van der Waals surface area (Å²) in [7, 11) is 0. The van der Waals surface area contributed by atoms with E-state index in [-0.39, 0.29) is 13.2 Å². The molecule has 0 spiro atoms. The van der Waals surface area contributed by atoms with Crippen molar-refractivity contribution in [3.63, 3.8) is 0 Å². The smallest absolute Gasteiger partial charge is 0.0838 e. The van der Waals surface area contributed by atoms with Crippen LogP contribution in [0.5, 0.6) is 0 Å². The molecule has 2 aliphatic rings. The monoisotopic (exact) mass is 392 g/mol. The molecular weight excluding hydrogens is 376 g/mol. The van der Waals surface area contributed by atoms with Crippen LogP contribution in [0.25, 0.3) is 10.8 Å². The summed E-state index contributed by atoms with van der Waals surface area (Å²) in [4.78, 5) is 2.09. The summed E-state index contributed by atoms with van der Waals surface area (Å²) in [6, 6.07) is 13.3. The van der Waals surface area contributed by atoms with Gasteiger partial charge in [0.15, 0.2) is 0 Å². The van der Waals surface area contributed by atoms with Crippen LogP contribution in [-0.2, 0) is 0 Å². The van der Waals surface area contributed by atoms with Crippen LogP contribution in [0, 0.1) is 0 Å². The van der Waals surface area contributed by atoms with Crippen molar-refractivity contribution < 1.29 is 10.2 Å². The first-order valence-corrected chi connectivity index (χ1v) is 11.2. The lowest BCUT2D eigenvalue weighted by molar-refractivity contribution is 0.339. The van der Waals surface area contributed by atoms with Crippen molar-refractivity contribution in [3.8, 4) is 0 Å². The molecule has 0 bridgehead atoms. The maximum Gasteiger partial charge on any atom is 0.0838 e. The number of aliphatic hydroxyl groups excluding tert-OH is 2. The largest absolute Gasteiger partial charge is 0.391 e. The summed E-state index contributed by atoms with van der Waals surface area (Å²) in [5.74, 6) is 0. The number of aliphatic hydroxyl groups is 2.